The molecule has 1 N–H and O–H groups in total. The van der Waals surface area contributed by atoms with Crippen molar-refractivity contribution in [3.8, 4) is 16.9 Å². The Morgan fingerprint density at radius 3 is 2.61 bits per heavy atom. The highest BCUT2D eigenvalue weighted by molar-refractivity contribution is 6.30. The van der Waals surface area contributed by atoms with Crippen molar-refractivity contribution < 1.29 is 28.9 Å². The van der Waals surface area contributed by atoms with Crippen LogP contribution in [-0.4, -0.2) is 45.9 Å². The Morgan fingerprint density at radius 1 is 1.08 bits per heavy atom. The Bertz CT molecular complexity index is 1210. The fraction of sp³-hybridized carbons (Fsp3) is 0.500. The number of nitrogens with zero attached hydrogens (tertiary/aromatic N) is 1. The molecule has 2 aromatic carbocycles. The molecule has 36 heavy (non-hydrogen) atoms. The average Bonchev–Trinajstić information content (AvgIpc) is 3.20. The van der Waals surface area contributed by atoms with Crippen LogP contribution >= 0.6 is 11.6 Å². The van der Waals surface area contributed by atoms with Crippen LogP contribution in [-0.2, 0) is 27.3 Å². The standard InChI is InChI=1S/C28H32ClNO6/c1-15-5-9-22(30(15)27(33)36-28(2,3)4)26(32)35-23-10-6-16-12-21-19-8-7-18(29)11-17(19)14-34-24(21)13-20(16)25(23)31/h7-8,11-13,15,22-23,25,31H,5-6,9-10,14H2,1-4H3/t15-,22-,23?,25?/m0/s1. The van der Waals surface area contributed by atoms with E-state index in [2.05, 4.69) is 6.07 Å². The van der Waals surface area contributed by atoms with E-state index in [1.807, 2.05) is 31.2 Å². The summed E-state index contributed by atoms with van der Waals surface area (Å²) in [4.78, 5) is 27.4. The first kappa shape index (κ1) is 24.9. The predicted octanol–water partition coefficient (Wildman–Crippen LogP) is 5.58. The maximum absolute atomic E-state index is 13.2. The molecule has 1 aliphatic carbocycles. The quantitative estimate of drug-likeness (QED) is 0.528. The van der Waals surface area contributed by atoms with Crippen molar-refractivity contribution in [1.29, 1.82) is 0 Å². The minimum Gasteiger partial charge on any atom is -0.488 e. The zero-order valence-corrected chi connectivity index (χ0v) is 21.8. The van der Waals surface area contributed by atoms with E-state index in [1.165, 1.54) is 4.90 Å². The van der Waals surface area contributed by atoms with E-state index >= 15 is 0 Å². The first-order valence-electron chi connectivity index (χ1n) is 12.5. The molecule has 0 radical (unpaired) electrons. The Hall–Kier alpha value is -2.77. The molecule has 2 aliphatic heterocycles. The molecule has 5 rings (SSSR count). The van der Waals surface area contributed by atoms with Crippen molar-refractivity contribution in [2.75, 3.05) is 0 Å². The number of likely N-dealkylation sites (tertiary alicyclic amines) is 1. The second-order valence-corrected chi connectivity index (χ2v) is 11.4. The number of amides is 1. The lowest BCUT2D eigenvalue weighted by atomic mass is 9.84. The lowest BCUT2D eigenvalue weighted by Crippen LogP contribution is -2.48. The third kappa shape index (κ3) is 4.66. The maximum Gasteiger partial charge on any atom is 0.411 e. The molecule has 2 aromatic rings. The number of aryl methyl sites for hydroxylation is 1. The third-order valence-electron chi connectivity index (χ3n) is 7.16. The van der Waals surface area contributed by atoms with Crippen LogP contribution in [0.5, 0.6) is 5.75 Å². The maximum atomic E-state index is 13.2. The van der Waals surface area contributed by atoms with E-state index in [-0.39, 0.29) is 6.04 Å². The van der Waals surface area contributed by atoms with Crippen molar-refractivity contribution in [2.45, 2.75) is 89.9 Å². The highest BCUT2D eigenvalue weighted by atomic mass is 35.5. The number of aliphatic hydroxyl groups is 1. The minimum absolute atomic E-state index is 0.129. The molecule has 7 nitrogen and oxygen atoms in total. The molecular weight excluding hydrogens is 482 g/mol. The molecule has 4 atom stereocenters. The van der Waals surface area contributed by atoms with Gasteiger partial charge in [0.25, 0.3) is 0 Å². The number of rotatable bonds is 2. The van der Waals surface area contributed by atoms with Gasteiger partial charge in [-0.3, -0.25) is 4.90 Å². The van der Waals surface area contributed by atoms with E-state index < -0.39 is 35.9 Å². The number of benzene rings is 2. The van der Waals surface area contributed by atoms with Gasteiger partial charge in [-0.15, -0.1) is 0 Å². The van der Waals surface area contributed by atoms with Gasteiger partial charge < -0.3 is 19.3 Å². The lowest BCUT2D eigenvalue weighted by Gasteiger charge is -2.34. The highest BCUT2D eigenvalue weighted by Crippen LogP contribution is 2.44. The summed E-state index contributed by atoms with van der Waals surface area (Å²) in [7, 11) is 0. The lowest BCUT2D eigenvalue weighted by molar-refractivity contribution is -0.162. The number of hydrogen-bond acceptors (Lipinski definition) is 6. The van der Waals surface area contributed by atoms with Gasteiger partial charge in [-0.2, -0.15) is 0 Å². The molecule has 0 bridgehead atoms. The number of carbonyl (C=O) groups excluding carboxylic acids is 2. The van der Waals surface area contributed by atoms with Crippen LogP contribution in [0, 0.1) is 0 Å². The monoisotopic (exact) mass is 513 g/mol. The molecule has 1 amide bonds. The third-order valence-corrected chi connectivity index (χ3v) is 7.40. The van der Waals surface area contributed by atoms with Gasteiger partial charge in [0.2, 0.25) is 0 Å². The summed E-state index contributed by atoms with van der Waals surface area (Å²) in [5.41, 5.74) is 4.12. The van der Waals surface area contributed by atoms with Crippen LogP contribution in [0.15, 0.2) is 30.3 Å². The van der Waals surface area contributed by atoms with Crippen molar-refractivity contribution in [3.63, 3.8) is 0 Å². The van der Waals surface area contributed by atoms with Gasteiger partial charge in [0.15, 0.2) is 0 Å². The van der Waals surface area contributed by atoms with Gasteiger partial charge in [-0.25, -0.2) is 9.59 Å². The zero-order valence-electron chi connectivity index (χ0n) is 21.0. The number of esters is 1. The van der Waals surface area contributed by atoms with E-state index in [9.17, 15) is 14.7 Å². The Balaban J connectivity index is 1.33. The van der Waals surface area contributed by atoms with Gasteiger partial charge in [-0.1, -0.05) is 17.7 Å². The Kier molecular flexibility index (Phi) is 6.41. The molecule has 1 fully saturated rings. The van der Waals surface area contributed by atoms with Crippen LogP contribution in [0.1, 0.15) is 69.8 Å². The molecule has 3 aliphatic rings. The van der Waals surface area contributed by atoms with Crippen LogP contribution < -0.4 is 4.74 Å². The topological polar surface area (TPSA) is 85.3 Å². The zero-order chi connectivity index (χ0) is 25.8. The van der Waals surface area contributed by atoms with Crippen LogP contribution in [0.3, 0.4) is 0 Å². The van der Waals surface area contributed by atoms with E-state index in [1.54, 1.807) is 20.8 Å². The van der Waals surface area contributed by atoms with Gasteiger partial charge in [0.1, 0.15) is 36.2 Å². The average molecular weight is 514 g/mol. The number of fused-ring (bicyclic) bond motifs is 4. The van der Waals surface area contributed by atoms with E-state index in [0.717, 1.165) is 22.3 Å². The fourth-order valence-electron chi connectivity index (χ4n) is 5.41. The largest absolute Gasteiger partial charge is 0.488 e. The van der Waals surface area contributed by atoms with E-state index in [4.69, 9.17) is 25.8 Å². The number of halogens is 1. The molecule has 1 saturated heterocycles. The Morgan fingerprint density at radius 2 is 1.86 bits per heavy atom. The summed E-state index contributed by atoms with van der Waals surface area (Å²) in [5.74, 6) is 0.188. The summed E-state index contributed by atoms with van der Waals surface area (Å²) < 4.78 is 17.3. The molecular formula is C28H32ClNO6. The number of carbonyl (C=O) groups is 2. The molecule has 0 aromatic heterocycles. The van der Waals surface area contributed by atoms with Gasteiger partial charge in [0, 0.05) is 16.6 Å². The van der Waals surface area contributed by atoms with E-state index in [0.29, 0.717) is 48.6 Å². The minimum atomic E-state index is -0.980. The number of hydrogen-bond donors (Lipinski definition) is 1. The van der Waals surface area contributed by atoms with Crippen LogP contribution in [0.2, 0.25) is 5.02 Å². The first-order chi connectivity index (χ1) is 17.0. The normalized spacial score (nSPS) is 24.8. The van der Waals surface area contributed by atoms with Crippen LogP contribution in [0.25, 0.3) is 11.1 Å². The highest BCUT2D eigenvalue weighted by Gasteiger charge is 2.43. The van der Waals surface area contributed by atoms with Crippen LogP contribution in [0.4, 0.5) is 4.79 Å². The Labute approximate surface area is 216 Å². The molecule has 8 heteroatoms. The van der Waals surface area contributed by atoms with Gasteiger partial charge in [0.05, 0.1) is 0 Å². The van der Waals surface area contributed by atoms with Crippen molar-refractivity contribution in [2.24, 2.45) is 0 Å². The second-order valence-electron chi connectivity index (χ2n) is 10.9. The molecule has 192 valence electrons. The molecule has 2 heterocycles. The molecule has 2 unspecified atom stereocenters. The SMILES string of the molecule is C[C@H]1CC[C@@H](C(=O)OC2CCc3cc4c(cc3C2O)OCc2cc(Cl)ccc2-4)N1C(=O)OC(C)(C)C. The fourth-order valence-corrected chi connectivity index (χ4v) is 5.60. The van der Waals surface area contributed by atoms with Gasteiger partial charge in [-0.05, 0) is 99.9 Å². The number of aliphatic hydroxyl groups excluding tert-OH is 1. The van der Waals surface area contributed by atoms with Crippen molar-refractivity contribution in [1.82, 2.24) is 4.90 Å². The second kappa shape index (κ2) is 9.27. The first-order valence-corrected chi connectivity index (χ1v) is 12.9. The smallest absolute Gasteiger partial charge is 0.411 e. The summed E-state index contributed by atoms with van der Waals surface area (Å²) in [6.07, 6.45) is 0.129. The summed E-state index contributed by atoms with van der Waals surface area (Å²) in [6.45, 7) is 7.69. The summed E-state index contributed by atoms with van der Waals surface area (Å²) in [5, 5.41) is 11.8. The summed E-state index contributed by atoms with van der Waals surface area (Å²) >= 11 is 6.15. The molecule has 0 spiro atoms. The van der Waals surface area contributed by atoms with Crippen molar-refractivity contribution >= 4 is 23.7 Å². The number of ether oxygens (including phenoxy) is 3. The van der Waals surface area contributed by atoms with Crippen molar-refractivity contribution in [3.05, 3.63) is 52.0 Å². The molecule has 0 saturated carbocycles. The van der Waals surface area contributed by atoms with Gasteiger partial charge >= 0.3 is 12.1 Å². The predicted molar refractivity (Wildman–Crippen MR) is 135 cm³/mol. The summed E-state index contributed by atoms with van der Waals surface area (Å²) in [6, 6.07) is 8.83.